The summed E-state index contributed by atoms with van der Waals surface area (Å²) in [6.07, 6.45) is 0.956. The second-order valence-corrected chi connectivity index (χ2v) is 5.27. The Kier molecular flexibility index (Phi) is 6.57. The van der Waals surface area contributed by atoms with E-state index in [-0.39, 0.29) is 0 Å². The Morgan fingerprint density at radius 1 is 1.37 bits per heavy atom. The lowest BCUT2D eigenvalue weighted by Crippen LogP contribution is -2.39. The molecule has 0 saturated heterocycles. The van der Waals surface area contributed by atoms with Crippen molar-refractivity contribution in [2.75, 3.05) is 13.7 Å². The molecule has 0 aliphatic carbocycles. The first-order chi connectivity index (χ1) is 9.09. The molecule has 5 heteroatoms. The molecule has 1 amide bonds. The molecule has 0 unspecified atom stereocenters. The third-order valence-corrected chi connectivity index (χ3v) is 3.80. The van der Waals surface area contributed by atoms with E-state index in [1.165, 1.54) is 0 Å². The van der Waals surface area contributed by atoms with Gasteiger partial charge in [0.2, 0.25) is 5.79 Å². The molecule has 1 aromatic rings. The molecule has 1 aromatic carbocycles. The summed E-state index contributed by atoms with van der Waals surface area (Å²) >= 11 is 2.22. The van der Waals surface area contributed by atoms with Gasteiger partial charge < -0.3 is 14.8 Å². The van der Waals surface area contributed by atoms with E-state index in [2.05, 4.69) is 27.9 Å². The van der Waals surface area contributed by atoms with E-state index >= 15 is 0 Å². The van der Waals surface area contributed by atoms with Crippen LogP contribution in [0.1, 0.15) is 32.3 Å². The van der Waals surface area contributed by atoms with Crippen molar-refractivity contribution in [2.45, 2.75) is 32.5 Å². The smallest absolute Gasteiger partial charge is 0.409 e. The van der Waals surface area contributed by atoms with Crippen LogP contribution >= 0.6 is 22.6 Å². The highest BCUT2D eigenvalue weighted by atomic mass is 127. The number of amides is 1. The van der Waals surface area contributed by atoms with Gasteiger partial charge in [0, 0.05) is 29.2 Å². The van der Waals surface area contributed by atoms with Crippen molar-refractivity contribution in [1.29, 1.82) is 0 Å². The minimum Gasteiger partial charge on any atom is -0.412 e. The number of rotatable bonds is 6. The molecule has 0 fully saturated rings. The maximum atomic E-state index is 11.8. The van der Waals surface area contributed by atoms with Crippen LogP contribution < -0.4 is 5.32 Å². The maximum Gasteiger partial charge on any atom is 0.409 e. The van der Waals surface area contributed by atoms with Crippen LogP contribution in [-0.4, -0.2) is 19.7 Å². The standard InChI is InChI=1S/C14H20INO3/c1-4-10-16-13(17)19-14(5-2,18-3)11-8-6-7-9-12(11)15/h6-9H,4-5,10H2,1-3H3,(H,16,17)/t14-/m0/s1. The number of ether oxygens (including phenoxy) is 2. The SMILES string of the molecule is CCCNC(=O)O[C@](CC)(OC)c1ccccc1I. The fourth-order valence-corrected chi connectivity index (χ4v) is 2.59. The number of hydrogen-bond acceptors (Lipinski definition) is 3. The second kappa shape index (κ2) is 7.69. The normalized spacial score (nSPS) is 13.7. The van der Waals surface area contributed by atoms with Crippen molar-refractivity contribution in [1.82, 2.24) is 5.32 Å². The van der Waals surface area contributed by atoms with E-state index in [4.69, 9.17) is 9.47 Å². The number of halogens is 1. The van der Waals surface area contributed by atoms with Gasteiger partial charge in [-0.1, -0.05) is 32.0 Å². The summed E-state index contributed by atoms with van der Waals surface area (Å²) in [6.45, 7) is 4.51. The van der Waals surface area contributed by atoms with Gasteiger partial charge in [0.15, 0.2) is 0 Å². The Labute approximate surface area is 128 Å². The topological polar surface area (TPSA) is 47.6 Å². The number of nitrogens with one attached hydrogen (secondary N) is 1. The van der Waals surface area contributed by atoms with Crippen LogP contribution in [0.2, 0.25) is 0 Å². The molecule has 0 aliphatic rings. The lowest BCUT2D eigenvalue weighted by atomic mass is 10.0. The van der Waals surface area contributed by atoms with Crippen LogP contribution in [-0.2, 0) is 15.3 Å². The minimum absolute atomic E-state index is 0.454. The van der Waals surface area contributed by atoms with Gasteiger partial charge in [-0.15, -0.1) is 0 Å². The van der Waals surface area contributed by atoms with E-state index in [1.807, 2.05) is 38.1 Å². The predicted octanol–water partition coefficient (Wildman–Crippen LogP) is 3.64. The molecule has 0 bridgehead atoms. The lowest BCUT2D eigenvalue weighted by molar-refractivity contribution is -0.196. The van der Waals surface area contributed by atoms with Crippen LogP contribution in [0.15, 0.2) is 24.3 Å². The monoisotopic (exact) mass is 377 g/mol. The fraction of sp³-hybridized carbons (Fsp3) is 0.500. The van der Waals surface area contributed by atoms with E-state index in [1.54, 1.807) is 7.11 Å². The zero-order valence-electron chi connectivity index (χ0n) is 11.5. The van der Waals surface area contributed by atoms with Gasteiger partial charge in [0.1, 0.15) is 0 Å². The first kappa shape index (κ1) is 16.2. The molecule has 1 rings (SSSR count). The van der Waals surface area contributed by atoms with Crippen LogP contribution in [0.3, 0.4) is 0 Å². The lowest BCUT2D eigenvalue weighted by Gasteiger charge is -2.32. The summed E-state index contributed by atoms with van der Waals surface area (Å²) in [5.41, 5.74) is 0.868. The molecule has 1 atom stereocenters. The molecule has 0 aliphatic heterocycles. The first-order valence-corrected chi connectivity index (χ1v) is 7.44. The molecule has 0 radical (unpaired) electrons. The zero-order valence-corrected chi connectivity index (χ0v) is 13.7. The largest absolute Gasteiger partial charge is 0.412 e. The van der Waals surface area contributed by atoms with Gasteiger partial charge in [0.05, 0.1) is 0 Å². The number of hydrogen-bond donors (Lipinski definition) is 1. The quantitative estimate of drug-likeness (QED) is 0.608. The van der Waals surface area contributed by atoms with E-state index in [0.29, 0.717) is 13.0 Å². The highest BCUT2D eigenvalue weighted by molar-refractivity contribution is 14.1. The third kappa shape index (κ3) is 4.07. The average molecular weight is 377 g/mol. The highest BCUT2D eigenvalue weighted by Gasteiger charge is 2.36. The fourth-order valence-electron chi connectivity index (χ4n) is 1.80. The number of carbonyl (C=O) groups excluding carboxylic acids is 1. The molecular formula is C14H20INO3. The predicted molar refractivity (Wildman–Crippen MR) is 82.9 cm³/mol. The molecule has 0 aromatic heterocycles. The minimum atomic E-state index is -1.03. The van der Waals surface area contributed by atoms with E-state index in [0.717, 1.165) is 15.6 Å². The Morgan fingerprint density at radius 3 is 2.58 bits per heavy atom. The number of methoxy groups -OCH3 is 1. The number of benzene rings is 1. The van der Waals surface area contributed by atoms with Crippen molar-refractivity contribution in [3.05, 3.63) is 33.4 Å². The molecular weight excluding hydrogens is 357 g/mol. The summed E-state index contributed by atoms with van der Waals surface area (Å²) in [7, 11) is 1.56. The van der Waals surface area contributed by atoms with Crippen molar-refractivity contribution in [2.24, 2.45) is 0 Å². The number of carbonyl (C=O) groups is 1. The zero-order chi connectivity index (χ0) is 14.3. The second-order valence-electron chi connectivity index (χ2n) is 4.11. The molecule has 106 valence electrons. The third-order valence-electron chi connectivity index (χ3n) is 2.86. The van der Waals surface area contributed by atoms with Crippen molar-refractivity contribution in [3.63, 3.8) is 0 Å². The van der Waals surface area contributed by atoms with Gasteiger partial charge in [0.25, 0.3) is 0 Å². The summed E-state index contributed by atoms with van der Waals surface area (Å²) in [5.74, 6) is -1.03. The van der Waals surface area contributed by atoms with E-state index in [9.17, 15) is 4.79 Å². The molecule has 0 saturated carbocycles. The maximum absolute atomic E-state index is 11.8. The summed E-state index contributed by atoms with van der Waals surface area (Å²) in [5, 5.41) is 2.70. The molecule has 0 spiro atoms. The summed E-state index contributed by atoms with van der Waals surface area (Å²) in [6, 6.07) is 7.74. The van der Waals surface area contributed by atoms with Gasteiger partial charge in [-0.3, -0.25) is 0 Å². The highest BCUT2D eigenvalue weighted by Crippen LogP contribution is 2.33. The Morgan fingerprint density at radius 2 is 2.05 bits per heavy atom. The Hall–Kier alpha value is -0.820. The van der Waals surface area contributed by atoms with Gasteiger partial charge in [-0.25, -0.2) is 4.79 Å². The van der Waals surface area contributed by atoms with Crippen molar-refractivity contribution < 1.29 is 14.3 Å². The van der Waals surface area contributed by atoms with Gasteiger partial charge in [-0.2, -0.15) is 0 Å². The van der Waals surface area contributed by atoms with Crippen LogP contribution in [0.5, 0.6) is 0 Å². The number of alkyl carbamates (subject to hydrolysis) is 1. The summed E-state index contributed by atoms with van der Waals surface area (Å²) in [4.78, 5) is 11.8. The average Bonchev–Trinajstić information content (AvgIpc) is 2.43. The van der Waals surface area contributed by atoms with Gasteiger partial charge >= 0.3 is 6.09 Å². The Bertz CT molecular complexity index is 419. The van der Waals surface area contributed by atoms with Crippen LogP contribution in [0.4, 0.5) is 4.79 Å². The first-order valence-electron chi connectivity index (χ1n) is 6.36. The van der Waals surface area contributed by atoms with Crippen molar-refractivity contribution >= 4 is 28.7 Å². The summed E-state index contributed by atoms with van der Waals surface area (Å²) < 4.78 is 12.1. The molecule has 4 nitrogen and oxygen atoms in total. The molecule has 0 heterocycles. The van der Waals surface area contributed by atoms with E-state index < -0.39 is 11.9 Å². The van der Waals surface area contributed by atoms with Gasteiger partial charge in [-0.05, 0) is 35.1 Å². The molecule has 1 N–H and O–H groups in total. The van der Waals surface area contributed by atoms with Crippen LogP contribution in [0, 0.1) is 3.57 Å². The Balaban J connectivity index is 2.97. The van der Waals surface area contributed by atoms with Crippen LogP contribution in [0.25, 0.3) is 0 Å². The van der Waals surface area contributed by atoms with Crippen molar-refractivity contribution in [3.8, 4) is 0 Å². The molecule has 19 heavy (non-hydrogen) atoms.